The van der Waals surface area contributed by atoms with Crippen molar-refractivity contribution in [1.82, 2.24) is 0 Å². The summed E-state index contributed by atoms with van der Waals surface area (Å²) >= 11 is 0. The van der Waals surface area contributed by atoms with E-state index in [0.717, 1.165) is 17.3 Å². The maximum absolute atomic E-state index is 2.54. The van der Waals surface area contributed by atoms with Gasteiger partial charge in [-0.05, 0) is 30.1 Å². The van der Waals surface area contributed by atoms with Gasteiger partial charge in [0.2, 0.25) is 0 Å². The van der Waals surface area contributed by atoms with Crippen LogP contribution in [0.2, 0.25) is 0 Å². The Morgan fingerprint density at radius 3 is 2.08 bits per heavy atom. The van der Waals surface area contributed by atoms with E-state index in [1.165, 1.54) is 51.4 Å². The fourth-order valence-electron chi connectivity index (χ4n) is 3.66. The molecule has 0 aromatic heterocycles. The number of hydrogen-bond donors (Lipinski definition) is 0. The van der Waals surface area contributed by atoms with E-state index in [2.05, 4.69) is 13.8 Å². The van der Waals surface area contributed by atoms with E-state index in [-0.39, 0.29) is 0 Å². The zero-order valence-electron chi connectivity index (χ0n) is 9.31. The van der Waals surface area contributed by atoms with Crippen LogP contribution in [0.4, 0.5) is 0 Å². The standard InChI is InChI=1S/C13H24/c1-11(12-7-3-4-8-12)13(2)9-5-6-10-13/h11-12H,3-10H2,1-2H3. The molecule has 0 saturated heterocycles. The third kappa shape index (κ3) is 1.78. The Kier molecular flexibility index (Phi) is 2.67. The lowest BCUT2D eigenvalue weighted by molar-refractivity contribution is 0.143. The van der Waals surface area contributed by atoms with Gasteiger partial charge in [0.1, 0.15) is 0 Å². The van der Waals surface area contributed by atoms with Gasteiger partial charge < -0.3 is 0 Å². The van der Waals surface area contributed by atoms with Gasteiger partial charge in [0, 0.05) is 0 Å². The van der Waals surface area contributed by atoms with Crippen molar-refractivity contribution < 1.29 is 0 Å². The van der Waals surface area contributed by atoms with Crippen LogP contribution in [0.25, 0.3) is 0 Å². The fourth-order valence-corrected chi connectivity index (χ4v) is 3.66. The predicted molar refractivity (Wildman–Crippen MR) is 57.7 cm³/mol. The van der Waals surface area contributed by atoms with Gasteiger partial charge in [0.05, 0.1) is 0 Å². The van der Waals surface area contributed by atoms with Gasteiger partial charge in [-0.3, -0.25) is 0 Å². The van der Waals surface area contributed by atoms with Gasteiger partial charge in [-0.2, -0.15) is 0 Å². The molecule has 0 heteroatoms. The topological polar surface area (TPSA) is 0 Å². The Bertz CT molecular complexity index is 159. The molecule has 0 nitrogen and oxygen atoms in total. The van der Waals surface area contributed by atoms with Crippen molar-refractivity contribution in [3.63, 3.8) is 0 Å². The van der Waals surface area contributed by atoms with Crippen LogP contribution in [0.15, 0.2) is 0 Å². The molecular weight excluding hydrogens is 156 g/mol. The van der Waals surface area contributed by atoms with E-state index < -0.39 is 0 Å². The van der Waals surface area contributed by atoms with Gasteiger partial charge in [-0.15, -0.1) is 0 Å². The first-order chi connectivity index (χ1) is 6.22. The Hall–Kier alpha value is 0. The minimum Gasteiger partial charge on any atom is -0.0617 e. The van der Waals surface area contributed by atoms with E-state index >= 15 is 0 Å². The lowest BCUT2D eigenvalue weighted by Gasteiger charge is -2.35. The van der Waals surface area contributed by atoms with E-state index in [1.54, 1.807) is 0 Å². The lowest BCUT2D eigenvalue weighted by atomic mass is 9.70. The third-order valence-electron chi connectivity index (χ3n) is 4.95. The van der Waals surface area contributed by atoms with Crippen LogP contribution in [0.5, 0.6) is 0 Å². The smallest absolute Gasteiger partial charge is 0.0298 e. The van der Waals surface area contributed by atoms with Gasteiger partial charge in [-0.1, -0.05) is 52.4 Å². The predicted octanol–water partition coefficient (Wildman–Crippen LogP) is 4.39. The summed E-state index contributed by atoms with van der Waals surface area (Å²) in [7, 11) is 0. The van der Waals surface area contributed by atoms with E-state index in [1.807, 2.05) is 0 Å². The molecule has 0 N–H and O–H groups in total. The summed E-state index contributed by atoms with van der Waals surface area (Å²) in [5, 5.41) is 0. The second kappa shape index (κ2) is 3.63. The molecule has 76 valence electrons. The molecule has 2 aliphatic carbocycles. The van der Waals surface area contributed by atoms with E-state index in [0.29, 0.717) is 0 Å². The first-order valence-corrected chi connectivity index (χ1v) is 6.22. The molecule has 0 bridgehead atoms. The Morgan fingerprint density at radius 2 is 1.54 bits per heavy atom. The summed E-state index contributed by atoms with van der Waals surface area (Å²) in [6.07, 6.45) is 12.1. The summed E-state index contributed by atoms with van der Waals surface area (Å²) in [6.45, 7) is 5.07. The van der Waals surface area contributed by atoms with E-state index in [4.69, 9.17) is 0 Å². The third-order valence-corrected chi connectivity index (χ3v) is 4.95. The van der Waals surface area contributed by atoms with Crippen LogP contribution >= 0.6 is 0 Å². The van der Waals surface area contributed by atoms with Gasteiger partial charge in [0.15, 0.2) is 0 Å². The van der Waals surface area contributed by atoms with Gasteiger partial charge in [0.25, 0.3) is 0 Å². The van der Waals surface area contributed by atoms with Gasteiger partial charge >= 0.3 is 0 Å². The molecule has 2 saturated carbocycles. The minimum absolute atomic E-state index is 0.717. The zero-order valence-corrected chi connectivity index (χ0v) is 9.31. The molecule has 0 heterocycles. The highest BCUT2D eigenvalue weighted by atomic mass is 14.4. The average molecular weight is 180 g/mol. The molecule has 0 aliphatic heterocycles. The van der Waals surface area contributed by atoms with Gasteiger partial charge in [-0.25, -0.2) is 0 Å². The summed E-state index contributed by atoms with van der Waals surface area (Å²) < 4.78 is 0. The second-order valence-electron chi connectivity index (χ2n) is 5.69. The molecule has 0 radical (unpaired) electrons. The molecule has 2 rings (SSSR count). The average Bonchev–Trinajstić information content (AvgIpc) is 2.73. The van der Waals surface area contributed by atoms with Crippen LogP contribution in [-0.2, 0) is 0 Å². The van der Waals surface area contributed by atoms with Crippen molar-refractivity contribution in [1.29, 1.82) is 0 Å². The molecule has 0 spiro atoms. The maximum atomic E-state index is 2.54. The monoisotopic (exact) mass is 180 g/mol. The molecule has 0 aromatic carbocycles. The summed E-state index contributed by atoms with van der Waals surface area (Å²) in [5.74, 6) is 2.07. The van der Waals surface area contributed by atoms with Crippen molar-refractivity contribution in [2.45, 2.75) is 65.2 Å². The van der Waals surface area contributed by atoms with Crippen molar-refractivity contribution in [2.75, 3.05) is 0 Å². The highest BCUT2D eigenvalue weighted by Crippen LogP contribution is 2.49. The quantitative estimate of drug-likeness (QED) is 0.591. The summed E-state index contributed by atoms with van der Waals surface area (Å²) in [5.41, 5.74) is 0.717. The normalized spacial score (nSPS) is 30.9. The molecule has 1 atom stereocenters. The van der Waals surface area contributed by atoms with Crippen LogP contribution in [0.3, 0.4) is 0 Å². The summed E-state index contributed by atoms with van der Waals surface area (Å²) in [6, 6.07) is 0. The highest BCUT2D eigenvalue weighted by Gasteiger charge is 2.38. The number of rotatable bonds is 2. The minimum atomic E-state index is 0.717. The first-order valence-electron chi connectivity index (χ1n) is 6.22. The molecule has 13 heavy (non-hydrogen) atoms. The zero-order chi connectivity index (χ0) is 9.31. The second-order valence-corrected chi connectivity index (χ2v) is 5.69. The molecule has 0 aromatic rings. The maximum Gasteiger partial charge on any atom is -0.0298 e. The first kappa shape index (κ1) is 9.55. The highest BCUT2D eigenvalue weighted by molar-refractivity contribution is 4.89. The van der Waals surface area contributed by atoms with E-state index in [9.17, 15) is 0 Å². The van der Waals surface area contributed by atoms with Crippen molar-refractivity contribution in [3.05, 3.63) is 0 Å². The van der Waals surface area contributed by atoms with Crippen LogP contribution < -0.4 is 0 Å². The Labute approximate surface area is 83.1 Å². The van der Waals surface area contributed by atoms with Crippen molar-refractivity contribution in [3.8, 4) is 0 Å². The molecule has 2 aliphatic rings. The largest absolute Gasteiger partial charge is 0.0617 e. The van der Waals surface area contributed by atoms with Crippen LogP contribution in [-0.4, -0.2) is 0 Å². The lowest BCUT2D eigenvalue weighted by Crippen LogP contribution is -2.27. The number of hydrogen-bond acceptors (Lipinski definition) is 0. The van der Waals surface area contributed by atoms with Crippen molar-refractivity contribution in [2.24, 2.45) is 17.3 Å². The SMILES string of the molecule is CC(C1CCCC1)C1(C)CCCC1. The molecular formula is C13H24. The Balaban J connectivity index is 1.97. The molecule has 1 unspecified atom stereocenters. The van der Waals surface area contributed by atoms with Crippen LogP contribution in [0, 0.1) is 17.3 Å². The Morgan fingerprint density at radius 1 is 1.00 bits per heavy atom. The fraction of sp³-hybridized carbons (Fsp3) is 1.00. The van der Waals surface area contributed by atoms with Crippen molar-refractivity contribution >= 4 is 0 Å². The summed E-state index contributed by atoms with van der Waals surface area (Å²) in [4.78, 5) is 0. The van der Waals surface area contributed by atoms with Crippen LogP contribution in [0.1, 0.15) is 65.2 Å². The molecule has 2 fully saturated rings. The molecule has 0 amide bonds.